The highest BCUT2D eigenvalue weighted by atomic mass is 16.8. The largest absolute Gasteiger partial charge is 0.463 e. The molecule has 15 nitrogen and oxygen atoms in total. The van der Waals surface area contributed by atoms with Gasteiger partial charge in [-0.1, -0.05) is 55.4 Å². The summed E-state index contributed by atoms with van der Waals surface area (Å²) >= 11 is 0. The Morgan fingerprint density at radius 1 is 0.750 bits per heavy atom. The highest BCUT2D eigenvalue weighted by Crippen LogP contribution is 2.38. The van der Waals surface area contributed by atoms with Crippen molar-refractivity contribution in [3.63, 3.8) is 0 Å². The van der Waals surface area contributed by atoms with Crippen LogP contribution in [0.15, 0.2) is 0 Å². The first-order chi connectivity index (χ1) is 22.6. The lowest BCUT2D eigenvalue weighted by molar-refractivity contribution is -0.384. The van der Waals surface area contributed by atoms with Gasteiger partial charge in [0.15, 0.2) is 18.3 Å². The smallest absolute Gasteiger partial charge is 0.309 e. The molecule has 0 radical (unpaired) electrons. The third-order valence-corrected chi connectivity index (χ3v) is 8.94. The Kier molecular flexibility index (Phi) is 16.6. The predicted molar refractivity (Wildman–Crippen MR) is 167 cm³/mol. The molecule has 3 unspecified atom stereocenters. The molecule has 2 rings (SSSR count). The molecule has 12 atom stereocenters. The molecule has 2 heterocycles. The van der Waals surface area contributed by atoms with Crippen molar-refractivity contribution in [2.45, 2.75) is 142 Å². The van der Waals surface area contributed by atoms with E-state index in [1.54, 1.807) is 41.5 Å². The highest BCUT2D eigenvalue weighted by Gasteiger charge is 2.61. The summed E-state index contributed by atoms with van der Waals surface area (Å²) in [5.41, 5.74) is 0. The summed E-state index contributed by atoms with van der Waals surface area (Å²) in [4.78, 5) is 52.5. The van der Waals surface area contributed by atoms with E-state index in [1.807, 2.05) is 13.8 Å². The zero-order valence-corrected chi connectivity index (χ0v) is 29.4. The van der Waals surface area contributed by atoms with Gasteiger partial charge in [-0.15, -0.1) is 0 Å². The highest BCUT2D eigenvalue weighted by molar-refractivity contribution is 5.74. The van der Waals surface area contributed by atoms with Crippen LogP contribution < -0.4 is 0 Å². The summed E-state index contributed by atoms with van der Waals surface area (Å²) in [5, 5.41) is 41.5. The first-order valence-corrected chi connectivity index (χ1v) is 16.9. The summed E-state index contributed by atoms with van der Waals surface area (Å²) in [7, 11) is 0. The van der Waals surface area contributed by atoms with E-state index < -0.39 is 116 Å². The van der Waals surface area contributed by atoms with Crippen molar-refractivity contribution in [1.29, 1.82) is 0 Å². The molecule has 15 heteroatoms. The third-order valence-electron chi connectivity index (χ3n) is 8.94. The van der Waals surface area contributed by atoms with Gasteiger partial charge < -0.3 is 53.6 Å². The van der Waals surface area contributed by atoms with E-state index in [2.05, 4.69) is 0 Å². The maximum Gasteiger partial charge on any atom is 0.309 e. The monoisotopic (exact) mass is 692 g/mol. The Morgan fingerprint density at radius 2 is 1.29 bits per heavy atom. The van der Waals surface area contributed by atoms with Gasteiger partial charge in [-0.3, -0.25) is 19.2 Å². The summed E-state index contributed by atoms with van der Waals surface area (Å²) < 4.78 is 40.9. The van der Waals surface area contributed by atoms with Crippen molar-refractivity contribution < 1.29 is 72.8 Å². The van der Waals surface area contributed by atoms with E-state index in [9.17, 15) is 39.6 Å². The van der Waals surface area contributed by atoms with E-state index in [0.29, 0.717) is 25.7 Å². The van der Waals surface area contributed by atoms with E-state index in [1.165, 1.54) is 0 Å². The molecule has 48 heavy (non-hydrogen) atoms. The molecule has 0 spiro atoms. The van der Waals surface area contributed by atoms with Gasteiger partial charge in [0.1, 0.15) is 37.6 Å². The van der Waals surface area contributed by atoms with Gasteiger partial charge in [-0.05, 0) is 31.6 Å². The molecule has 2 saturated heterocycles. The fourth-order valence-electron chi connectivity index (χ4n) is 4.90. The van der Waals surface area contributed by atoms with Gasteiger partial charge >= 0.3 is 23.9 Å². The van der Waals surface area contributed by atoms with Crippen molar-refractivity contribution in [2.75, 3.05) is 19.8 Å². The average molecular weight is 693 g/mol. The number of esters is 4. The van der Waals surface area contributed by atoms with Crippen LogP contribution in [0, 0.1) is 23.7 Å². The number of rotatable bonds is 18. The van der Waals surface area contributed by atoms with Gasteiger partial charge in [0.05, 0.1) is 24.4 Å². The normalized spacial score (nSPS) is 32.3. The minimum absolute atomic E-state index is 0.0598. The lowest BCUT2D eigenvalue weighted by atomic mass is 9.96. The second-order valence-electron chi connectivity index (χ2n) is 13.2. The summed E-state index contributed by atoms with van der Waals surface area (Å²) in [5.74, 6) is -6.77. The van der Waals surface area contributed by atoms with Crippen LogP contribution in [0.3, 0.4) is 0 Å². The molecule has 0 aromatic rings. The lowest BCUT2D eigenvalue weighted by Crippen LogP contribution is -2.65. The molecule has 0 aliphatic carbocycles. The molecular formula is C33H56O15. The Bertz CT molecular complexity index is 1050. The molecule has 0 aromatic heterocycles. The minimum atomic E-state index is -2.41. The number of hydrogen-bond donors (Lipinski definition) is 4. The lowest BCUT2D eigenvalue weighted by Gasteiger charge is -2.46. The Balaban J connectivity index is 2.71. The van der Waals surface area contributed by atoms with Gasteiger partial charge in [0.25, 0.3) is 0 Å². The summed E-state index contributed by atoms with van der Waals surface area (Å²) in [6, 6.07) is 0. The molecule has 2 aliphatic rings. The quantitative estimate of drug-likeness (QED) is 0.118. The number of aliphatic hydroxyl groups excluding tert-OH is 4. The van der Waals surface area contributed by atoms with E-state index >= 15 is 0 Å². The van der Waals surface area contributed by atoms with Crippen molar-refractivity contribution in [3.8, 4) is 0 Å². The molecule has 0 saturated carbocycles. The second-order valence-corrected chi connectivity index (χ2v) is 13.2. The summed E-state index contributed by atoms with van der Waals surface area (Å²) in [6.07, 6.45) is -11.4. The standard InChI is InChI=1S/C33H56O15/c1-9-18(6)29(39)42-15-22-25(45-30(40)19(7)10-2)26(46-31(41)20(8)11-3)27(44-23(36)13-12-17(4)5)32(43-22)48-33(16-35)28(38)24(37)21(14-34)47-33/h17-22,24-28,32,34-35,37-38H,9-16H2,1-8H3/t18?,19?,20?,21-,22-,24-,25-,26+,27-,28+,32-,33+/m1/s1. The molecule has 4 N–H and O–H groups in total. The molecule has 0 amide bonds. The van der Waals surface area contributed by atoms with Crippen LogP contribution in [0.5, 0.6) is 0 Å². The SMILES string of the molecule is CCC(C)C(=O)OC[C@H]1O[C@H](O[C@]2(CO)O[C@H](CO)[C@@H](O)[C@@H]2O)[C@H](OC(=O)CCC(C)C)[C@@H](OC(=O)C(C)CC)[C@@H]1OC(=O)C(C)CC. The zero-order chi connectivity index (χ0) is 36.3. The van der Waals surface area contributed by atoms with Gasteiger partial charge in [0, 0.05) is 6.42 Å². The topological polar surface area (TPSA) is 214 Å². The molecule has 278 valence electrons. The van der Waals surface area contributed by atoms with Crippen molar-refractivity contribution in [2.24, 2.45) is 23.7 Å². The minimum Gasteiger partial charge on any atom is -0.463 e. The van der Waals surface area contributed by atoms with E-state index in [4.69, 9.17) is 33.2 Å². The van der Waals surface area contributed by atoms with Crippen LogP contribution in [0.1, 0.15) is 87.5 Å². The number of carbonyl (C=O) groups excluding carboxylic acids is 4. The second kappa shape index (κ2) is 19.1. The fourth-order valence-corrected chi connectivity index (χ4v) is 4.90. The van der Waals surface area contributed by atoms with Crippen LogP contribution in [0.4, 0.5) is 0 Å². The molecule has 0 bridgehead atoms. The average Bonchev–Trinajstić information content (AvgIpc) is 3.31. The molecule has 2 aliphatic heterocycles. The number of aliphatic hydroxyl groups is 4. The maximum atomic E-state index is 13.3. The maximum absolute atomic E-state index is 13.3. The summed E-state index contributed by atoms with van der Waals surface area (Å²) in [6.45, 7) is 11.7. The predicted octanol–water partition coefficient (Wildman–Crippen LogP) is 1.38. The first kappa shape index (κ1) is 41.8. The van der Waals surface area contributed by atoms with Crippen LogP contribution in [0.2, 0.25) is 0 Å². The molecule has 0 aromatic carbocycles. The van der Waals surface area contributed by atoms with E-state index in [0.717, 1.165) is 0 Å². The van der Waals surface area contributed by atoms with Crippen molar-refractivity contribution in [1.82, 2.24) is 0 Å². The van der Waals surface area contributed by atoms with Crippen LogP contribution in [-0.2, 0) is 52.3 Å². The van der Waals surface area contributed by atoms with Gasteiger partial charge in [0.2, 0.25) is 12.1 Å². The Hall–Kier alpha value is -2.40. The Morgan fingerprint density at radius 3 is 1.77 bits per heavy atom. The fraction of sp³-hybridized carbons (Fsp3) is 0.879. The van der Waals surface area contributed by atoms with Gasteiger partial charge in [-0.25, -0.2) is 0 Å². The number of hydrogen-bond acceptors (Lipinski definition) is 15. The molecular weight excluding hydrogens is 636 g/mol. The van der Waals surface area contributed by atoms with Crippen molar-refractivity contribution in [3.05, 3.63) is 0 Å². The Labute approximate surface area is 282 Å². The third kappa shape index (κ3) is 10.6. The van der Waals surface area contributed by atoms with Crippen molar-refractivity contribution >= 4 is 23.9 Å². The van der Waals surface area contributed by atoms with Gasteiger partial charge in [-0.2, -0.15) is 0 Å². The first-order valence-electron chi connectivity index (χ1n) is 16.9. The number of ether oxygens (including phenoxy) is 7. The number of carbonyl (C=O) groups is 4. The molecule has 2 fully saturated rings. The zero-order valence-electron chi connectivity index (χ0n) is 29.4. The van der Waals surface area contributed by atoms with Crippen LogP contribution in [-0.4, -0.2) is 119 Å². The van der Waals surface area contributed by atoms with Crippen LogP contribution in [0.25, 0.3) is 0 Å². The van der Waals surface area contributed by atoms with Crippen LogP contribution >= 0.6 is 0 Å². The van der Waals surface area contributed by atoms with E-state index in [-0.39, 0.29) is 12.3 Å².